The third-order valence-electron chi connectivity index (χ3n) is 4.27. The van der Waals surface area contributed by atoms with Gasteiger partial charge in [-0.3, -0.25) is 14.5 Å². The van der Waals surface area contributed by atoms with Crippen molar-refractivity contribution in [2.45, 2.75) is 58.4 Å². The van der Waals surface area contributed by atoms with Crippen LogP contribution in [0.1, 0.15) is 52.4 Å². The molecule has 0 aromatic carbocycles. The summed E-state index contributed by atoms with van der Waals surface area (Å²) < 4.78 is 0. The lowest BCUT2D eigenvalue weighted by Crippen LogP contribution is -2.41. The van der Waals surface area contributed by atoms with Gasteiger partial charge >= 0.3 is 6.03 Å². The lowest BCUT2D eigenvalue weighted by molar-refractivity contribution is -0.132. The van der Waals surface area contributed by atoms with Gasteiger partial charge in [-0.15, -0.1) is 0 Å². The van der Waals surface area contributed by atoms with Crippen molar-refractivity contribution in [3.8, 4) is 0 Å². The van der Waals surface area contributed by atoms with Crippen molar-refractivity contribution in [2.75, 3.05) is 13.1 Å². The van der Waals surface area contributed by atoms with E-state index in [1.165, 1.54) is 18.4 Å². The van der Waals surface area contributed by atoms with Gasteiger partial charge in [0.05, 0.1) is 0 Å². The first-order valence-electron chi connectivity index (χ1n) is 8.54. The van der Waals surface area contributed by atoms with E-state index in [1.807, 2.05) is 13.8 Å². The molecule has 0 aromatic rings. The Hall–Kier alpha value is -1.85. The number of hydrogen-bond donors (Lipinski definition) is 2. The molecular formula is C17H27N3O3. The molecule has 6 nitrogen and oxygen atoms in total. The van der Waals surface area contributed by atoms with Gasteiger partial charge in [0.2, 0.25) is 5.91 Å². The molecule has 1 aliphatic heterocycles. The van der Waals surface area contributed by atoms with Gasteiger partial charge in [-0.25, -0.2) is 4.79 Å². The quantitative estimate of drug-likeness (QED) is 0.556. The lowest BCUT2D eigenvalue weighted by Gasteiger charge is -2.15. The summed E-state index contributed by atoms with van der Waals surface area (Å²) in [6, 6.07) is -0.964. The number of urea groups is 1. The van der Waals surface area contributed by atoms with Crippen molar-refractivity contribution in [2.24, 2.45) is 5.92 Å². The Morgan fingerprint density at radius 2 is 2.17 bits per heavy atom. The predicted molar refractivity (Wildman–Crippen MR) is 87.7 cm³/mol. The topological polar surface area (TPSA) is 78.5 Å². The first-order chi connectivity index (χ1) is 11.0. The standard InChI is InChI=1S/C17H27N3O3/c1-12(2)10-14-16(22)20(17(23)19-14)11-15(21)18-9-8-13-6-4-3-5-7-13/h6,12,14H,3-5,7-11H2,1-2H3,(H,18,21)(H,19,23)/t14-/m1/s1. The minimum absolute atomic E-state index is 0.196. The molecule has 1 saturated heterocycles. The number of rotatable bonds is 7. The maximum Gasteiger partial charge on any atom is 0.325 e. The van der Waals surface area contributed by atoms with Gasteiger partial charge in [-0.1, -0.05) is 25.5 Å². The van der Waals surface area contributed by atoms with E-state index in [0.717, 1.165) is 24.2 Å². The first kappa shape index (κ1) is 17.5. The van der Waals surface area contributed by atoms with E-state index >= 15 is 0 Å². The fraction of sp³-hybridized carbons (Fsp3) is 0.706. The maximum atomic E-state index is 12.2. The SMILES string of the molecule is CC(C)C[C@H]1NC(=O)N(CC(=O)NCCC2=CCCCC2)C1=O. The van der Waals surface area contributed by atoms with Gasteiger partial charge in [-0.2, -0.15) is 0 Å². The van der Waals surface area contributed by atoms with Crippen LogP contribution >= 0.6 is 0 Å². The van der Waals surface area contributed by atoms with Gasteiger partial charge in [0, 0.05) is 6.54 Å². The third-order valence-corrected chi connectivity index (χ3v) is 4.27. The van der Waals surface area contributed by atoms with Crippen LogP contribution in [0.25, 0.3) is 0 Å². The number of amides is 4. The average molecular weight is 321 g/mol. The second-order valence-corrected chi connectivity index (χ2v) is 6.76. The van der Waals surface area contributed by atoms with Gasteiger partial charge in [-0.05, 0) is 44.4 Å². The van der Waals surface area contributed by atoms with Crippen LogP contribution in [0.5, 0.6) is 0 Å². The molecule has 0 aromatic heterocycles. The molecule has 0 bridgehead atoms. The Kier molecular flexibility index (Phi) is 6.19. The Morgan fingerprint density at radius 1 is 1.39 bits per heavy atom. The Balaban J connectivity index is 1.75. The van der Waals surface area contributed by atoms with Crippen molar-refractivity contribution in [1.82, 2.24) is 15.5 Å². The molecule has 23 heavy (non-hydrogen) atoms. The molecule has 0 spiro atoms. The molecule has 1 aliphatic carbocycles. The molecule has 1 heterocycles. The zero-order valence-electron chi connectivity index (χ0n) is 14.1. The van der Waals surface area contributed by atoms with Crippen molar-refractivity contribution in [1.29, 1.82) is 0 Å². The summed E-state index contributed by atoms with van der Waals surface area (Å²) >= 11 is 0. The molecule has 0 unspecified atom stereocenters. The van der Waals surface area contributed by atoms with E-state index < -0.39 is 12.1 Å². The highest BCUT2D eigenvalue weighted by Crippen LogP contribution is 2.19. The number of carbonyl (C=O) groups is 3. The Labute approximate surface area is 137 Å². The van der Waals surface area contributed by atoms with E-state index in [-0.39, 0.29) is 18.4 Å². The normalized spacial score (nSPS) is 21.4. The maximum absolute atomic E-state index is 12.2. The summed E-state index contributed by atoms with van der Waals surface area (Å²) in [5.74, 6) is -0.272. The fourth-order valence-corrected chi connectivity index (χ4v) is 3.05. The van der Waals surface area contributed by atoms with Crippen molar-refractivity contribution < 1.29 is 14.4 Å². The molecule has 1 fully saturated rings. The average Bonchev–Trinajstić information content (AvgIpc) is 2.75. The number of nitrogens with one attached hydrogen (secondary N) is 2. The largest absolute Gasteiger partial charge is 0.354 e. The Bertz CT molecular complexity index is 499. The van der Waals surface area contributed by atoms with Crippen molar-refractivity contribution in [3.05, 3.63) is 11.6 Å². The van der Waals surface area contributed by atoms with E-state index in [9.17, 15) is 14.4 Å². The highest BCUT2D eigenvalue weighted by Gasteiger charge is 2.38. The molecular weight excluding hydrogens is 294 g/mol. The van der Waals surface area contributed by atoms with Gasteiger partial charge in [0.1, 0.15) is 12.6 Å². The predicted octanol–water partition coefficient (Wildman–Crippen LogP) is 1.96. The summed E-state index contributed by atoms with van der Waals surface area (Å²) in [6.07, 6.45) is 8.41. The number of imide groups is 1. The van der Waals surface area contributed by atoms with Crippen LogP contribution in [0.3, 0.4) is 0 Å². The molecule has 6 heteroatoms. The van der Waals surface area contributed by atoms with Crippen LogP contribution in [-0.2, 0) is 9.59 Å². The van der Waals surface area contributed by atoms with Gasteiger partial charge in [0.25, 0.3) is 5.91 Å². The smallest absolute Gasteiger partial charge is 0.325 e. The van der Waals surface area contributed by atoms with Crippen LogP contribution in [0.15, 0.2) is 11.6 Å². The third kappa shape index (κ3) is 5.08. The highest BCUT2D eigenvalue weighted by atomic mass is 16.2. The monoisotopic (exact) mass is 321 g/mol. The van der Waals surface area contributed by atoms with E-state index in [4.69, 9.17) is 0 Å². The van der Waals surface area contributed by atoms with E-state index in [1.54, 1.807) is 0 Å². The molecule has 0 saturated carbocycles. The summed E-state index contributed by atoms with van der Waals surface area (Å²) in [7, 11) is 0. The second-order valence-electron chi connectivity index (χ2n) is 6.76. The molecule has 0 radical (unpaired) electrons. The summed E-state index contributed by atoms with van der Waals surface area (Å²) in [4.78, 5) is 37.0. The van der Waals surface area contributed by atoms with Crippen LogP contribution < -0.4 is 10.6 Å². The minimum atomic E-state index is -0.498. The molecule has 1 atom stereocenters. The molecule has 2 aliphatic rings. The van der Waals surface area contributed by atoms with E-state index in [2.05, 4.69) is 16.7 Å². The zero-order valence-corrected chi connectivity index (χ0v) is 14.1. The van der Waals surface area contributed by atoms with Crippen molar-refractivity contribution in [3.63, 3.8) is 0 Å². The number of allylic oxidation sites excluding steroid dienone is 1. The van der Waals surface area contributed by atoms with Gasteiger partial charge < -0.3 is 10.6 Å². The highest BCUT2D eigenvalue weighted by molar-refractivity contribution is 6.06. The molecule has 2 rings (SSSR count). The zero-order chi connectivity index (χ0) is 16.8. The van der Waals surface area contributed by atoms with Gasteiger partial charge in [0.15, 0.2) is 0 Å². The molecule has 2 N–H and O–H groups in total. The Morgan fingerprint density at radius 3 is 2.83 bits per heavy atom. The molecule has 128 valence electrons. The number of carbonyl (C=O) groups excluding carboxylic acids is 3. The van der Waals surface area contributed by atoms with E-state index in [0.29, 0.717) is 18.9 Å². The van der Waals surface area contributed by atoms with Crippen LogP contribution in [0.2, 0.25) is 0 Å². The second kappa shape index (κ2) is 8.13. The van der Waals surface area contributed by atoms with Crippen LogP contribution in [-0.4, -0.2) is 41.9 Å². The number of nitrogens with zero attached hydrogens (tertiary/aromatic N) is 1. The first-order valence-corrected chi connectivity index (χ1v) is 8.54. The number of hydrogen-bond acceptors (Lipinski definition) is 3. The van der Waals surface area contributed by atoms with Crippen LogP contribution in [0, 0.1) is 5.92 Å². The molecule has 4 amide bonds. The minimum Gasteiger partial charge on any atom is -0.354 e. The fourth-order valence-electron chi connectivity index (χ4n) is 3.05. The van der Waals surface area contributed by atoms with Crippen LogP contribution in [0.4, 0.5) is 4.79 Å². The van der Waals surface area contributed by atoms with Crippen molar-refractivity contribution >= 4 is 17.8 Å². The summed E-state index contributed by atoms with van der Waals surface area (Å²) in [6.45, 7) is 4.35. The summed E-state index contributed by atoms with van der Waals surface area (Å²) in [5.41, 5.74) is 1.39. The summed E-state index contributed by atoms with van der Waals surface area (Å²) in [5, 5.41) is 5.45. The lowest BCUT2D eigenvalue weighted by atomic mass is 9.97.